The zero-order valence-electron chi connectivity index (χ0n) is 25.6. The fourth-order valence-corrected chi connectivity index (χ4v) is 7.15. The van der Waals surface area contributed by atoms with Gasteiger partial charge in [0.2, 0.25) is 0 Å². The number of carbonyl (C=O) groups is 1. The minimum Gasteiger partial charge on any atom is -0.469 e. The molecule has 234 valence electrons. The van der Waals surface area contributed by atoms with Gasteiger partial charge in [-0.15, -0.1) is 0 Å². The monoisotopic (exact) mass is 576 g/mol. The molecule has 7 heteroatoms. The summed E-state index contributed by atoms with van der Waals surface area (Å²) >= 11 is 0. The first-order valence-electron chi connectivity index (χ1n) is 16.7. The maximum absolute atomic E-state index is 11.4. The topological polar surface area (TPSA) is 83.5 Å². The summed E-state index contributed by atoms with van der Waals surface area (Å²) in [6, 6.07) is 0. The van der Waals surface area contributed by atoms with Crippen molar-refractivity contribution in [3.8, 4) is 0 Å². The van der Waals surface area contributed by atoms with Gasteiger partial charge in [-0.1, -0.05) is 50.5 Å². The third-order valence-corrected chi connectivity index (χ3v) is 9.81. The van der Waals surface area contributed by atoms with Gasteiger partial charge >= 0.3 is 5.97 Å². The smallest absolute Gasteiger partial charge is 0.305 e. The van der Waals surface area contributed by atoms with Crippen LogP contribution in [0.2, 0.25) is 0 Å². The van der Waals surface area contributed by atoms with Crippen LogP contribution >= 0.6 is 0 Å². The Bertz CT molecular complexity index is 793. The molecule has 2 aliphatic carbocycles. The van der Waals surface area contributed by atoms with Crippen LogP contribution in [-0.2, 0) is 28.5 Å². The highest BCUT2D eigenvalue weighted by Crippen LogP contribution is 2.41. The molecule has 41 heavy (non-hydrogen) atoms. The van der Waals surface area contributed by atoms with Gasteiger partial charge in [0, 0.05) is 32.0 Å². The van der Waals surface area contributed by atoms with Crippen molar-refractivity contribution in [3.05, 3.63) is 24.3 Å². The number of aliphatic hydroxyl groups is 1. The van der Waals surface area contributed by atoms with E-state index in [0.29, 0.717) is 18.8 Å². The van der Waals surface area contributed by atoms with Crippen LogP contribution in [0.3, 0.4) is 0 Å². The van der Waals surface area contributed by atoms with Crippen LogP contribution in [0.5, 0.6) is 0 Å². The van der Waals surface area contributed by atoms with E-state index in [1.165, 1.54) is 39.2 Å². The zero-order chi connectivity index (χ0) is 28.9. The van der Waals surface area contributed by atoms with Crippen LogP contribution in [0.25, 0.3) is 0 Å². The maximum Gasteiger partial charge on any atom is 0.305 e. The minimum absolute atomic E-state index is 0.0229. The molecule has 7 atom stereocenters. The van der Waals surface area contributed by atoms with E-state index in [1.807, 2.05) is 0 Å². The lowest BCUT2D eigenvalue weighted by Crippen LogP contribution is -2.34. The lowest BCUT2D eigenvalue weighted by atomic mass is 9.78. The van der Waals surface area contributed by atoms with E-state index in [4.69, 9.17) is 23.7 Å². The van der Waals surface area contributed by atoms with Gasteiger partial charge in [0.25, 0.3) is 0 Å². The summed E-state index contributed by atoms with van der Waals surface area (Å²) in [6.45, 7) is 3.84. The maximum atomic E-state index is 11.4. The molecule has 0 aromatic rings. The number of ether oxygens (including phenoxy) is 5. The summed E-state index contributed by atoms with van der Waals surface area (Å²) < 4.78 is 29.9. The molecule has 0 aromatic heterocycles. The molecule has 2 saturated heterocycles. The SMILES string of the molecule is CCC1CCC([C@@H](/C=C/[C@@H]2[C@@H](C/C=C\CCCC(=O)OC)[C@@H](O)C[C@H]2OC2CCCCO2)OC2CCCCO2)CC1. The number of hydrogen-bond donors (Lipinski definition) is 1. The summed E-state index contributed by atoms with van der Waals surface area (Å²) in [6.07, 6.45) is 24.1. The van der Waals surface area contributed by atoms with Gasteiger partial charge in [0.05, 0.1) is 25.4 Å². The Kier molecular flexibility index (Phi) is 14.2. The molecule has 2 unspecified atom stereocenters. The third kappa shape index (κ3) is 10.5. The summed E-state index contributed by atoms with van der Waals surface area (Å²) in [5, 5.41) is 11.2. The molecule has 0 bridgehead atoms. The molecule has 4 aliphatic rings. The van der Waals surface area contributed by atoms with E-state index in [1.54, 1.807) is 0 Å². The molecule has 2 aliphatic heterocycles. The van der Waals surface area contributed by atoms with Crippen LogP contribution in [0.15, 0.2) is 24.3 Å². The standard InChI is InChI=1S/C34H56O7/c1-3-25-16-18-26(19-17-25)30(40-33-14-8-10-22-38-33)21-20-28-27(12-6-4-5-7-13-32(36)37-2)29(35)24-31(28)41-34-15-9-11-23-39-34/h4,6,20-21,25-31,33-35H,3,5,7-19,22-24H2,1-2H3/b6-4-,21-20+/t25?,26?,27-,28-,29+,30-,31-,33?,34?/m1/s1. The second kappa shape index (κ2) is 17.8. The number of unbranched alkanes of at least 4 members (excludes halogenated alkanes) is 1. The largest absolute Gasteiger partial charge is 0.469 e. The van der Waals surface area contributed by atoms with Gasteiger partial charge in [-0.3, -0.25) is 4.79 Å². The fourth-order valence-electron chi connectivity index (χ4n) is 7.15. The van der Waals surface area contributed by atoms with E-state index in [9.17, 15) is 9.90 Å². The summed E-state index contributed by atoms with van der Waals surface area (Å²) in [5.74, 6) is 1.32. The lowest BCUT2D eigenvalue weighted by molar-refractivity contribution is -0.193. The zero-order valence-corrected chi connectivity index (χ0v) is 25.6. The number of carbonyl (C=O) groups excluding carboxylic acids is 1. The Morgan fingerprint density at radius 2 is 1.71 bits per heavy atom. The molecule has 0 radical (unpaired) electrons. The molecule has 1 N–H and O–H groups in total. The highest BCUT2D eigenvalue weighted by molar-refractivity contribution is 5.69. The van der Waals surface area contributed by atoms with E-state index in [0.717, 1.165) is 76.9 Å². The first kappa shape index (κ1) is 32.7. The van der Waals surface area contributed by atoms with Crippen molar-refractivity contribution in [2.75, 3.05) is 20.3 Å². The number of rotatable bonds is 14. The Balaban J connectivity index is 1.45. The van der Waals surface area contributed by atoms with E-state index in [-0.39, 0.29) is 42.6 Å². The normalized spacial score (nSPS) is 35.7. The van der Waals surface area contributed by atoms with Crippen molar-refractivity contribution in [2.24, 2.45) is 23.7 Å². The molecule has 7 nitrogen and oxygen atoms in total. The van der Waals surface area contributed by atoms with Crippen LogP contribution in [-0.4, -0.2) is 62.3 Å². The van der Waals surface area contributed by atoms with Crippen LogP contribution < -0.4 is 0 Å². The summed E-state index contributed by atoms with van der Waals surface area (Å²) in [7, 11) is 1.43. The van der Waals surface area contributed by atoms with Crippen molar-refractivity contribution in [2.45, 2.75) is 141 Å². The Morgan fingerprint density at radius 1 is 0.976 bits per heavy atom. The molecule has 0 amide bonds. The molecule has 0 aromatic carbocycles. The van der Waals surface area contributed by atoms with E-state index in [2.05, 4.69) is 31.2 Å². The Labute approximate surface area is 248 Å². The third-order valence-electron chi connectivity index (χ3n) is 9.81. The Morgan fingerprint density at radius 3 is 2.37 bits per heavy atom. The van der Waals surface area contributed by atoms with E-state index >= 15 is 0 Å². The van der Waals surface area contributed by atoms with Crippen LogP contribution in [0, 0.1) is 23.7 Å². The highest BCUT2D eigenvalue weighted by atomic mass is 16.7. The van der Waals surface area contributed by atoms with Crippen molar-refractivity contribution < 1.29 is 33.6 Å². The molecular formula is C34H56O7. The van der Waals surface area contributed by atoms with Gasteiger partial charge in [-0.05, 0) is 88.4 Å². The molecular weight excluding hydrogens is 520 g/mol. The summed E-state index contributed by atoms with van der Waals surface area (Å²) in [5.41, 5.74) is 0. The molecule has 2 saturated carbocycles. The van der Waals surface area contributed by atoms with Gasteiger partial charge in [-0.25, -0.2) is 0 Å². The van der Waals surface area contributed by atoms with Crippen molar-refractivity contribution in [1.82, 2.24) is 0 Å². The van der Waals surface area contributed by atoms with E-state index < -0.39 is 6.10 Å². The molecule has 4 rings (SSSR count). The average Bonchev–Trinajstić information content (AvgIpc) is 3.30. The van der Waals surface area contributed by atoms with Crippen molar-refractivity contribution >= 4 is 5.97 Å². The number of aliphatic hydroxyl groups excluding tert-OH is 1. The number of allylic oxidation sites excluding steroid dienone is 2. The fraction of sp³-hybridized carbons (Fsp3) is 0.853. The van der Waals surface area contributed by atoms with Gasteiger partial charge in [0.15, 0.2) is 12.6 Å². The van der Waals surface area contributed by atoms with Gasteiger partial charge in [-0.2, -0.15) is 0 Å². The molecule has 0 spiro atoms. The Hall–Kier alpha value is -1.25. The predicted molar refractivity (Wildman–Crippen MR) is 159 cm³/mol. The molecule has 4 fully saturated rings. The highest BCUT2D eigenvalue weighted by Gasteiger charge is 2.43. The first-order chi connectivity index (χ1) is 20.1. The first-order valence-corrected chi connectivity index (χ1v) is 16.7. The minimum atomic E-state index is -0.431. The molecule has 2 heterocycles. The number of methoxy groups -OCH3 is 1. The summed E-state index contributed by atoms with van der Waals surface area (Å²) in [4.78, 5) is 11.4. The average molecular weight is 577 g/mol. The predicted octanol–water partition coefficient (Wildman–Crippen LogP) is 6.87. The quantitative estimate of drug-likeness (QED) is 0.137. The van der Waals surface area contributed by atoms with Crippen molar-refractivity contribution in [1.29, 1.82) is 0 Å². The van der Waals surface area contributed by atoms with Gasteiger partial charge in [0.1, 0.15) is 0 Å². The second-order valence-corrected chi connectivity index (χ2v) is 12.7. The number of esters is 1. The van der Waals surface area contributed by atoms with Crippen LogP contribution in [0.1, 0.15) is 110 Å². The number of hydrogen-bond acceptors (Lipinski definition) is 7. The second-order valence-electron chi connectivity index (χ2n) is 12.7. The van der Waals surface area contributed by atoms with Gasteiger partial charge < -0.3 is 28.8 Å². The van der Waals surface area contributed by atoms with Crippen molar-refractivity contribution in [3.63, 3.8) is 0 Å². The van der Waals surface area contributed by atoms with Crippen LogP contribution in [0.4, 0.5) is 0 Å². The lowest BCUT2D eigenvalue weighted by Gasteiger charge is -2.35.